The summed E-state index contributed by atoms with van der Waals surface area (Å²) in [7, 11) is 2.06. The number of benzene rings is 1. The topological polar surface area (TPSA) is 65.8 Å². The molecule has 6 nitrogen and oxygen atoms in total. The van der Waals surface area contributed by atoms with Crippen LogP contribution in [0.25, 0.3) is 10.9 Å². The van der Waals surface area contributed by atoms with Crippen molar-refractivity contribution in [2.24, 2.45) is 0 Å². The molecule has 1 saturated carbocycles. The number of hydrogen-bond donors (Lipinski definition) is 1. The average Bonchev–Trinajstić information content (AvgIpc) is 3.52. The lowest BCUT2D eigenvalue weighted by Crippen LogP contribution is -2.61. The molecule has 4 fully saturated rings. The Labute approximate surface area is 172 Å². The molecule has 0 radical (unpaired) electrons. The van der Waals surface area contributed by atoms with E-state index in [9.17, 15) is 14.7 Å². The van der Waals surface area contributed by atoms with Gasteiger partial charge in [-0.1, -0.05) is 0 Å². The van der Waals surface area contributed by atoms with Gasteiger partial charge in [0.15, 0.2) is 5.82 Å². The van der Waals surface area contributed by atoms with Crippen molar-refractivity contribution < 1.29 is 18.7 Å². The minimum Gasteiger partial charge on any atom is -0.477 e. The van der Waals surface area contributed by atoms with Gasteiger partial charge in [-0.05, 0) is 52.1 Å². The predicted molar refractivity (Wildman–Crippen MR) is 109 cm³/mol. The number of piperazine rings is 1. The quantitative estimate of drug-likeness (QED) is 0.830. The van der Waals surface area contributed by atoms with E-state index in [1.165, 1.54) is 10.8 Å². The number of aromatic nitrogens is 1. The Morgan fingerprint density at radius 1 is 1.23 bits per heavy atom. The molecule has 6 rings (SSSR count). The van der Waals surface area contributed by atoms with Crippen molar-refractivity contribution in [3.8, 4) is 0 Å². The van der Waals surface area contributed by atoms with Crippen LogP contribution < -0.4 is 10.3 Å². The molecular weight excluding hydrogens is 392 g/mol. The maximum absolute atomic E-state index is 16.0. The number of fused-ring (bicyclic) bond motifs is 5. The lowest BCUT2D eigenvalue weighted by Gasteiger charge is -2.49. The minimum absolute atomic E-state index is 0.00795. The van der Waals surface area contributed by atoms with Crippen LogP contribution in [0.15, 0.2) is 17.1 Å². The van der Waals surface area contributed by atoms with Crippen molar-refractivity contribution in [1.29, 1.82) is 0 Å². The molecule has 1 aromatic heterocycles. The van der Waals surface area contributed by atoms with E-state index in [4.69, 9.17) is 0 Å². The molecule has 1 aromatic carbocycles. The molecule has 4 aliphatic rings. The van der Waals surface area contributed by atoms with Gasteiger partial charge in [-0.3, -0.25) is 9.69 Å². The van der Waals surface area contributed by atoms with Crippen molar-refractivity contribution in [3.05, 3.63) is 39.7 Å². The van der Waals surface area contributed by atoms with Crippen LogP contribution in [0.5, 0.6) is 0 Å². The van der Waals surface area contributed by atoms with E-state index in [1.807, 2.05) is 4.90 Å². The second-order valence-electron chi connectivity index (χ2n) is 9.28. The first-order valence-corrected chi connectivity index (χ1v) is 10.5. The van der Waals surface area contributed by atoms with E-state index in [2.05, 4.69) is 18.9 Å². The summed E-state index contributed by atoms with van der Waals surface area (Å²) in [5, 5.41) is 9.19. The van der Waals surface area contributed by atoms with Crippen LogP contribution >= 0.6 is 0 Å². The zero-order chi connectivity index (χ0) is 21.4. The van der Waals surface area contributed by atoms with Crippen molar-refractivity contribution in [2.75, 3.05) is 25.0 Å². The molecule has 0 spiro atoms. The van der Waals surface area contributed by atoms with Crippen LogP contribution in [0.2, 0.25) is 0 Å². The molecule has 0 amide bonds. The molecular formula is C22H25F2N3O3. The zero-order valence-electron chi connectivity index (χ0n) is 17.1. The molecule has 2 bridgehead atoms. The fraction of sp³-hybridized carbons (Fsp3) is 0.545. The van der Waals surface area contributed by atoms with Crippen LogP contribution in [0, 0.1) is 11.6 Å². The van der Waals surface area contributed by atoms with Gasteiger partial charge in [-0.15, -0.1) is 0 Å². The first-order chi connectivity index (χ1) is 14.2. The molecule has 30 heavy (non-hydrogen) atoms. The second-order valence-corrected chi connectivity index (χ2v) is 9.28. The van der Waals surface area contributed by atoms with Gasteiger partial charge in [0, 0.05) is 36.9 Å². The molecule has 2 unspecified atom stereocenters. The fourth-order valence-electron chi connectivity index (χ4n) is 5.24. The van der Waals surface area contributed by atoms with E-state index in [0.717, 1.165) is 44.7 Å². The van der Waals surface area contributed by atoms with Gasteiger partial charge in [-0.2, -0.15) is 0 Å². The smallest absolute Gasteiger partial charge is 0.341 e. The number of pyridine rings is 1. The Kier molecular flexibility index (Phi) is 4.23. The van der Waals surface area contributed by atoms with E-state index in [1.54, 1.807) is 0 Å². The molecule has 2 atom stereocenters. The summed E-state index contributed by atoms with van der Waals surface area (Å²) < 4.78 is 32.8. The van der Waals surface area contributed by atoms with Gasteiger partial charge in [-0.25, -0.2) is 13.6 Å². The van der Waals surface area contributed by atoms with Gasteiger partial charge in [0.1, 0.15) is 17.1 Å². The van der Waals surface area contributed by atoms with Crippen LogP contribution in [-0.4, -0.2) is 52.3 Å². The lowest BCUT2D eigenvalue weighted by molar-refractivity contribution is 0.0694. The van der Waals surface area contributed by atoms with Crippen molar-refractivity contribution in [3.63, 3.8) is 0 Å². The summed E-state index contributed by atoms with van der Waals surface area (Å²) in [5.41, 5.74) is -1.55. The van der Waals surface area contributed by atoms with Crippen molar-refractivity contribution in [2.45, 2.75) is 56.7 Å². The van der Waals surface area contributed by atoms with Crippen LogP contribution in [0.1, 0.15) is 55.4 Å². The number of carboxylic acids is 1. The number of rotatable bonds is 3. The highest BCUT2D eigenvalue weighted by atomic mass is 19.1. The Hall–Kier alpha value is -2.48. The van der Waals surface area contributed by atoms with Gasteiger partial charge in [0.05, 0.1) is 10.9 Å². The lowest BCUT2D eigenvalue weighted by atomic mass is 9.93. The number of carbonyl (C=O) groups is 1. The molecule has 3 saturated heterocycles. The van der Waals surface area contributed by atoms with Crippen LogP contribution in [0.3, 0.4) is 0 Å². The van der Waals surface area contributed by atoms with E-state index in [0.29, 0.717) is 6.54 Å². The predicted octanol–water partition coefficient (Wildman–Crippen LogP) is 3.38. The molecule has 8 heteroatoms. The van der Waals surface area contributed by atoms with Gasteiger partial charge in [0.25, 0.3) is 0 Å². The standard InChI is InChI=1S/C22H25F2N3O3/c1-22-7-3-4-13(9-25(22)2)27(11-22)19-16(23)8-14-18(17(19)24)26(12-5-6-12)10-15(20(14)28)21(29)30/h8,10,12-13H,3-7,9,11H2,1-2H3,(H,29,30). The maximum atomic E-state index is 16.0. The van der Waals surface area contributed by atoms with Gasteiger partial charge >= 0.3 is 5.97 Å². The first kappa shape index (κ1) is 19.5. The molecule has 4 heterocycles. The van der Waals surface area contributed by atoms with E-state index >= 15 is 8.78 Å². The largest absolute Gasteiger partial charge is 0.477 e. The number of halogens is 2. The van der Waals surface area contributed by atoms with Gasteiger partial charge < -0.3 is 14.6 Å². The third-order valence-corrected chi connectivity index (χ3v) is 7.25. The van der Waals surface area contributed by atoms with Crippen LogP contribution in [-0.2, 0) is 0 Å². The fourth-order valence-corrected chi connectivity index (χ4v) is 5.24. The minimum atomic E-state index is -1.39. The third-order valence-electron chi connectivity index (χ3n) is 7.25. The highest BCUT2D eigenvalue weighted by molar-refractivity contribution is 5.94. The van der Waals surface area contributed by atoms with Crippen molar-refractivity contribution in [1.82, 2.24) is 9.47 Å². The molecule has 2 aromatic rings. The Morgan fingerprint density at radius 3 is 2.63 bits per heavy atom. The Balaban J connectivity index is 1.75. The Morgan fingerprint density at radius 2 is 1.97 bits per heavy atom. The first-order valence-electron chi connectivity index (χ1n) is 10.5. The average molecular weight is 417 g/mol. The maximum Gasteiger partial charge on any atom is 0.341 e. The Bertz CT molecular complexity index is 1130. The van der Waals surface area contributed by atoms with Gasteiger partial charge in [0.2, 0.25) is 5.43 Å². The summed E-state index contributed by atoms with van der Waals surface area (Å²) >= 11 is 0. The summed E-state index contributed by atoms with van der Waals surface area (Å²) in [5.74, 6) is -2.95. The zero-order valence-corrected chi connectivity index (χ0v) is 17.1. The van der Waals surface area contributed by atoms with E-state index in [-0.39, 0.29) is 34.2 Å². The third kappa shape index (κ3) is 2.76. The molecule has 3 aliphatic heterocycles. The summed E-state index contributed by atoms with van der Waals surface area (Å²) in [6.45, 7) is 3.35. The second kappa shape index (κ2) is 6.51. The number of likely N-dealkylation sites (N-methyl/N-ethyl adjacent to an activating group) is 1. The molecule has 1 N–H and O–H groups in total. The molecule has 1 aliphatic carbocycles. The normalized spacial score (nSPS) is 26.9. The van der Waals surface area contributed by atoms with Crippen LogP contribution in [0.4, 0.5) is 14.5 Å². The monoisotopic (exact) mass is 417 g/mol. The number of anilines is 1. The molecule has 160 valence electrons. The SMILES string of the molecule is CN1CC2CCCC1(C)CN2c1c(F)cc2c(=O)c(C(=O)O)cn(C3CC3)c2c1F. The summed E-state index contributed by atoms with van der Waals surface area (Å²) in [6, 6.07) is 0.959. The summed E-state index contributed by atoms with van der Waals surface area (Å²) in [4.78, 5) is 28.3. The number of carboxylic acid groups (broad SMARTS) is 1. The highest BCUT2D eigenvalue weighted by Gasteiger charge is 2.44. The number of hydrogen-bond acceptors (Lipinski definition) is 4. The number of nitrogens with zero attached hydrogens (tertiary/aromatic N) is 3. The number of aromatic carboxylic acids is 1. The highest BCUT2D eigenvalue weighted by Crippen LogP contribution is 2.42. The van der Waals surface area contributed by atoms with E-state index < -0.39 is 28.6 Å². The summed E-state index contributed by atoms with van der Waals surface area (Å²) in [6.07, 6.45) is 5.58. The van der Waals surface area contributed by atoms with Crippen molar-refractivity contribution >= 4 is 22.6 Å².